The maximum atomic E-state index is 12.7. The minimum Gasteiger partial charge on any atom is -0.505 e. The number of hydrogen-bond acceptors (Lipinski definition) is 7. The number of para-hydroxylation sites is 1. The monoisotopic (exact) mass is 444 g/mol. The van der Waals surface area contributed by atoms with Crippen LogP contribution in [0.5, 0.6) is 5.75 Å². The van der Waals surface area contributed by atoms with Gasteiger partial charge in [0.05, 0.1) is 17.8 Å². The summed E-state index contributed by atoms with van der Waals surface area (Å²) in [6.07, 6.45) is 0.505. The summed E-state index contributed by atoms with van der Waals surface area (Å²) in [6, 6.07) is 8.09. The molecule has 32 heavy (non-hydrogen) atoms. The molecule has 1 aromatic carbocycles. The van der Waals surface area contributed by atoms with E-state index in [0.717, 1.165) is 5.76 Å². The summed E-state index contributed by atoms with van der Waals surface area (Å²) >= 11 is 0. The number of benzene rings is 1. The van der Waals surface area contributed by atoms with Gasteiger partial charge in [0.2, 0.25) is 0 Å². The number of aromatic hydroxyl groups is 1. The highest BCUT2D eigenvalue weighted by Gasteiger charge is 2.22. The molecule has 0 radical (unpaired) electrons. The first-order valence-electron chi connectivity index (χ1n) is 10.2. The van der Waals surface area contributed by atoms with Crippen molar-refractivity contribution in [3.8, 4) is 5.75 Å². The highest BCUT2D eigenvalue weighted by molar-refractivity contribution is 6.03. The molecule has 0 saturated heterocycles. The fraction of sp³-hybridized carbons (Fsp3) is 0.348. The molecule has 0 aliphatic carbocycles. The molecular formula is C23H32N4O5. The molecule has 2 rings (SSSR count). The summed E-state index contributed by atoms with van der Waals surface area (Å²) in [6.45, 7) is 5.98. The van der Waals surface area contributed by atoms with Crippen molar-refractivity contribution in [1.82, 2.24) is 15.1 Å². The molecule has 2 aromatic rings. The van der Waals surface area contributed by atoms with Crippen LogP contribution in [-0.4, -0.2) is 61.2 Å². The topological polar surface area (TPSA) is 115 Å². The zero-order valence-electron chi connectivity index (χ0n) is 19.6. The number of phenols is 1. The fourth-order valence-electron chi connectivity index (χ4n) is 2.60. The maximum absolute atomic E-state index is 12.7. The van der Waals surface area contributed by atoms with E-state index < -0.39 is 11.8 Å². The molecule has 0 unspecified atom stereocenters. The van der Waals surface area contributed by atoms with Crippen molar-refractivity contribution < 1.29 is 23.9 Å². The number of anilines is 1. The third kappa shape index (κ3) is 6.63. The Bertz CT molecular complexity index is 977. The van der Waals surface area contributed by atoms with E-state index in [1.54, 1.807) is 39.2 Å². The highest BCUT2D eigenvalue weighted by Crippen LogP contribution is 2.29. The Morgan fingerprint density at radius 1 is 1.06 bits per heavy atom. The van der Waals surface area contributed by atoms with E-state index in [2.05, 4.69) is 10.6 Å². The SMILES string of the molecule is CC.Cc1ccc(CN/C(C=O)=C(\Nc2cccc(C(=O)N(C)C)c2O)C(=O)N(C)C)o1. The predicted octanol–water partition coefficient (Wildman–Crippen LogP) is 2.72. The molecule has 174 valence electrons. The molecule has 9 heteroatoms. The molecule has 0 saturated carbocycles. The molecule has 3 N–H and O–H groups in total. The van der Waals surface area contributed by atoms with Crippen LogP contribution in [0.25, 0.3) is 0 Å². The lowest BCUT2D eigenvalue weighted by atomic mass is 10.1. The zero-order chi connectivity index (χ0) is 24.4. The van der Waals surface area contributed by atoms with Crippen molar-refractivity contribution in [3.63, 3.8) is 0 Å². The standard InChI is InChI=1S/C21H26N4O5.C2H6/c1-13-9-10-14(30-13)11-22-17(12-26)18(21(29)25(4)5)23-16-8-6-7-15(19(16)27)20(28)24(2)3;1-2/h6-10,12,22-23,27H,11H2,1-5H3;1-2H3/b18-17-;. The number of aldehydes is 1. The number of carbonyl (C=O) groups excluding carboxylic acids is 3. The molecule has 0 aliphatic heterocycles. The van der Waals surface area contributed by atoms with Gasteiger partial charge in [-0.25, -0.2) is 0 Å². The first-order valence-corrected chi connectivity index (χ1v) is 10.2. The van der Waals surface area contributed by atoms with Crippen molar-refractivity contribution in [2.75, 3.05) is 33.5 Å². The zero-order valence-corrected chi connectivity index (χ0v) is 19.6. The molecule has 0 bridgehead atoms. The van der Waals surface area contributed by atoms with Crippen molar-refractivity contribution in [2.24, 2.45) is 0 Å². The number of phenolic OH excluding ortho intramolecular Hbond substituents is 1. The van der Waals surface area contributed by atoms with Crippen LogP contribution in [0.15, 0.2) is 46.1 Å². The van der Waals surface area contributed by atoms with E-state index in [1.807, 2.05) is 13.8 Å². The minimum atomic E-state index is -0.496. The highest BCUT2D eigenvalue weighted by atomic mass is 16.3. The smallest absolute Gasteiger partial charge is 0.272 e. The average molecular weight is 445 g/mol. The number of rotatable bonds is 8. The van der Waals surface area contributed by atoms with E-state index in [-0.39, 0.29) is 34.9 Å². The van der Waals surface area contributed by atoms with Gasteiger partial charge in [0, 0.05) is 28.2 Å². The summed E-state index contributed by atoms with van der Waals surface area (Å²) < 4.78 is 5.47. The average Bonchev–Trinajstić information content (AvgIpc) is 3.19. The van der Waals surface area contributed by atoms with Crippen LogP contribution in [-0.2, 0) is 16.1 Å². The molecule has 0 aliphatic rings. The van der Waals surface area contributed by atoms with E-state index in [1.165, 1.54) is 36.0 Å². The lowest BCUT2D eigenvalue weighted by molar-refractivity contribution is -0.124. The van der Waals surface area contributed by atoms with Crippen LogP contribution in [0.3, 0.4) is 0 Å². The van der Waals surface area contributed by atoms with Gasteiger partial charge in [-0.2, -0.15) is 0 Å². The third-order valence-electron chi connectivity index (χ3n) is 4.19. The Kier molecular flexibility index (Phi) is 10.0. The molecule has 2 amide bonds. The van der Waals surface area contributed by atoms with Gasteiger partial charge in [-0.05, 0) is 31.2 Å². The number of likely N-dealkylation sites (N-methyl/N-ethyl adjacent to an activating group) is 1. The van der Waals surface area contributed by atoms with Gasteiger partial charge >= 0.3 is 0 Å². The van der Waals surface area contributed by atoms with Gasteiger partial charge in [-0.3, -0.25) is 14.4 Å². The Morgan fingerprint density at radius 3 is 2.22 bits per heavy atom. The van der Waals surface area contributed by atoms with Gasteiger partial charge in [0.1, 0.15) is 22.9 Å². The van der Waals surface area contributed by atoms with E-state index >= 15 is 0 Å². The van der Waals surface area contributed by atoms with Gasteiger partial charge in [0.15, 0.2) is 12.0 Å². The van der Waals surface area contributed by atoms with Crippen molar-refractivity contribution >= 4 is 23.8 Å². The number of furan rings is 1. The summed E-state index contributed by atoms with van der Waals surface area (Å²) in [5, 5.41) is 16.2. The molecule has 1 heterocycles. The number of hydrogen-bond donors (Lipinski definition) is 3. The Balaban J connectivity index is 0.00000249. The summed E-state index contributed by atoms with van der Waals surface area (Å²) in [7, 11) is 6.20. The first-order chi connectivity index (χ1) is 15.1. The maximum Gasteiger partial charge on any atom is 0.272 e. The normalized spacial score (nSPS) is 10.8. The van der Waals surface area contributed by atoms with E-state index in [9.17, 15) is 19.5 Å². The van der Waals surface area contributed by atoms with Crippen LogP contribution in [0, 0.1) is 6.92 Å². The summed E-state index contributed by atoms with van der Waals surface area (Å²) in [5.41, 5.74) is 0.0748. The molecule has 0 fully saturated rings. The number of amides is 2. The lowest BCUT2D eigenvalue weighted by Crippen LogP contribution is -2.31. The Labute approximate surface area is 188 Å². The fourth-order valence-corrected chi connectivity index (χ4v) is 2.60. The van der Waals surface area contributed by atoms with Crippen molar-refractivity contribution in [3.05, 3.63) is 58.8 Å². The number of carbonyl (C=O) groups is 3. The molecule has 0 spiro atoms. The molecule has 9 nitrogen and oxygen atoms in total. The van der Waals surface area contributed by atoms with Crippen LogP contribution >= 0.6 is 0 Å². The van der Waals surface area contributed by atoms with Crippen LogP contribution in [0.4, 0.5) is 5.69 Å². The first kappa shape index (κ1) is 26.3. The van der Waals surface area contributed by atoms with E-state index in [4.69, 9.17) is 4.42 Å². The number of allylic oxidation sites excluding steroid dienone is 1. The third-order valence-corrected chi connectivity index (χ3v) is 4.19. The van der Waals surface area contributed by atoms with Gasteiger partial charge in [0.25, 0.3) is 11.8 Å². The van der Waals surface area contributed by atoms with Gasteiger partial charge in [-0.15, -0.1) is 0 Å². The summed E-state index contributed by atoms with van der Waals surface area (Å²) in [5.74, 6) is 0.0852. The van der Waals surface area contributed by atoms with Gasteiger partial charge in [-0.1, -0.05) is 19.9 Å². The number of nitrogens with one attached hydrogen (secondary N) is 2. The lowest BCUT2D eigenvalue weighted by Gasteiger charge is -2.20. The molecule has 0 atom stereocenters. The largest absolute Gasteiger partial charge is 0.505 e. The van der Waals surface area contributed by atoms with Crippen LogP contribution < -0.4 is 10.6 Å². The number of nitrogens with zero attached hydrogens (tertiary/aromatic N) is 2. The van der Waals surface area contributed by atoms with Crippen LogP contribution in [0.1, 0.15) is 35.7 Å². The quantitative estimate of drug-likeness (QED) is 0.326. The molecular weight excluding hydrogens is 412 g/mol. The second kappa shape index (κ2) is 12.2. The Hall–Kier alpha value is -3.75. The summed E-state index contributed by atoms with van der Waals surface area (Å²) in [4.78, 5) is 39.4. The van der Waals surface area contributed by atoms with Crippen LogP contribution in [0.2, 0.25) is 0 Å². The number of aryl methyl sites for hydroxylation is 1. The second-order valence-corrected chi connectivity index (χ2v) is 7.00. The van der Waals surface area contributed by atoms with Crippen molar-refractivity contribution in [1.29, 1.82) is 0 Å². The predicted molar refractivity (Wildman–Crippen MR) is 123 cm³/mol. The Morgan fingerprint density at radius 2 is 1.72 bits per heavy atom. The molecule has 1 aromatic heterocycles. The van der Waals surface area contributed by atoms with Crippen molar-refractivity contribution in [2.45, 2.75) is 27.3 Å². The van der Waals surface area contributed by atoms with Gasteiger partial charge < -0.3 is 30.0 Å². The van der Waals surface area contributed by atoms with E-state index in [0.29, 0.717) is 12.0 Å². The second-order valence-electron chi connectivity index (χ2n) is 7.00. The minimum absolute atomic E-state index is 0.0218.